The minimum atomic E-state index is 0.121. The lowest BCUT2D eigenvalue weighted by Crippen LogP contribution is -2.32. The van der Waals surface area contributed by atoms with Crippen LogP contribution in [-0.4, -0.2) is 23.9 Å². The second kappa shape index (κ2) is 5.37. The van der Waals surface area contributed by atoms with Crippen molar-refractivity contribution < 1.29 is 4.79 Å². The molecule has 0 saturated heterocycles. The number of carbonyl (C=O) groups is 1. The smallest absolute Gasteiger partial charge is 0.254 e. The Kier molecular flexibility index (Phi) is 3.85. The van der Waals surface area contributed by atoms with Gasteiger partial charge in [-0.15, -0.1) is 0 Å². The molecule has 1 aromatic rings. The first-order valence-corrected chi connectivity index (χ1v) is 6.29. The molecular weight excluding hydrogens is 234 g/mol. The topological polar surface area (TPSA) is 20.3 Å². The average Bonchev–Trinajstić information content (AvgIpc) is 2.51. The zero-order valence-electron chi connectivity index (χ0n) is 9.95. The van der Waals surface area contributed by atoms with Gasteiger partial charge in [-0.1, -0.05) is 29.8 Å². The van der Waals surface area contributed by atoms with Gasteiger partial charge in [0.15, 0.2) is 0 Å². The molecule has 0 N–H and O–H groups in total. The molecule has 1 aliphatic rings. The van der Waals surface area contributed by atoms with Crippen LogP contribution in [0, 0.1) is 0 Å². The van der Waals surface area contributed by atoms with E-state index in [0.717, 1.165) is 36.1 Å². The average molecular weight is 250 g/mol. The summed E-state index contributed by atoms with van der Waals surface area (Å²) < 4.78 is 0. The number of nitrogens with zero attached hydrogens (tertiary/aromatic N) is 1. The van der Waals surface area contributed by atoms with Gasteiger partial charge < -0.3 is 4.90 Å². The van der Waals surface area contributed by atoms with Crippen molar-refractivity contribution >= 4 is 17.5 Å². The predicted molar refractivity (Wildman–Crippen MR) is 70.3 cm³/mol. The highest BCUT2D eigenvalue weighted by Gasteiger charge is 2.21. The van der Waals surface area contributed by atoms with Gasteiger partial charge in [0.1, 0.15) is 0 Å². The van der Waals surface area contributed by atoms with Gasteiger partial charge in [-0.05, 0) is 37.0 Å². The van der Waals surface area contributed by atoms with Crippen molar-refractivity contribution in [3.05, 3.63) is 46.5 Å². The van der Waals surface area contributed by atoms with Crippen LogP contribution >= 0.6 is 11.6 Å². The first-order valence-electron chi connectivity index (χ1n) is 5.85. The number of carbonyl (C=O) groups excluding carboxylic acids is 1. The van der Waals surface area contributed by atoms with Crippen LogP contribution in [0.15, 0.2) is 35.4 Å². The molecule has 0 radical (unpaired) electrons. The normalized spacial score (nSPS) is 16.7. The van der Waals surface area contributed by atoms with Crippen LogP contribution in [0.1, 0.15) is 29.3 Å². The standard InChI is InChI=1S/C14H16ClNO/c1-11(9-15)10-16-8-4-6-12-5-2-3-7-13(12)14(16)17/h2-3,5,7,9H,4,6,8,10H2,1H3/b11-9-. The van der Waals surface area contributed by atoms with Crippen molar-refractivity contribution in [1.82, 2.24) is 4.90 Å². The highest BCUT2D eigenvalue weighted by molar-refractivity contribution is 6.25. The van der Waals surface area contributed by atoms with E-state index in [9.17, 15) is 4.79 Å². The Morgan fingerprint density at radius 2 is 2.24 bits per heavy atom. The van der Waals surface area contributed by atoms with Gasteiger partial charge >= 0.3 is 0 Å². The monoisotopic (exact) mass is 249 g/mol. The van der Waals surface area contributed by atoms with Crippen molar-refractivity contribution in [2.24, 2.45) is 0 Å². The van der Waals surface area contributed by atoms with E-state index in [1.165, 1.54) is 0 Å². The molecular formula is C14H16ClNO. The number of halogens is 1. The molecule has 2 nitrogen and oxygen atoms in total. The zero-order valence-corrected chi connectivity index (χ0v) is 10.7. The maximum absolute atomic E-state index is 12.3. The van der Waals surface area contributed by atoms with Crippen molar-refractivity contribution in [2.75, 3.05) is 13.1 Å². The molecule has 2 rings (SSSR count). The first-order chi connectivity index (χ1) is 8.22. The maximum atomic E-state index is 12.3. The van der Waals surface area contributed by atoms with Gasteiger partial charge in [0, 0.05) is 24.2 Å². The van der Waals surface area contributed by atoms with Gasteiger partial charge in [0.05, 0.1) is 0 Å². The molecule has 0 aromatic heterocycles. The lowest BCUT2D eigenvalue weighted by atomic mass is 10.0. The largest absolute Gasteiger partial charge is 0.335 e. The van der Waals surface area contributed by atoms with E-state index in [1.807, 2.05) is 36.1 Å². The molecule has 0 bridgehead atoms. The van der Waals surface area contributed by atoms with E-state index in [0.29, 0.717) is 6.54 Å². The fraction of sp³-hybridized carbons (Fsp3) is 0.357. The van der Waals surface area contributed by atoms with E-state index in [2.05, 4.69) is 0 Å². The van der Waals surface area contributed by atoms with E-state index >= 15 is 0 Å². The van der Waals surface area contributed by atoms with Gasteiger partial charge in [0.25, 0.3) is 5.91 Å². The predicted octanol–water partition coefficient (Wildman–Crippen LogP) is 3.22. The fourth-order valence-electron chi connectivity index (χ4n) is 2.17. The summed E-state index contributed by atoms with van der Waals surface area (Å²) in [5, 5.41) is 0. The summed E-state index contributed by atoms with van der Waals surface area (Å²) >= 11 is 5.66. The molecule has 1 aliphatic heterocycles. The molecule has 3 heteroatoms. The molecule has 90 valence electrons. The van der Waals surface area contributed by atoms with Crippen LogP contribution in [0.2, 0.25) is 0 Å². The molecule has 1 amide bonds. The number of aryl methyl sites for hydroxylation is 1. The molecule has 0 spiro atoms. The molecule has 1 heterocycles. The van der Waals surface area contributed by atoms with Crippen molar-refractivity contribution in [2.45, 2.75) is 19.8 Å². The molecule has 0 atom stereocenters. The third-order valence-corrected chi connectivity index (χ3v) is 3.41. The van der Waals surface area contributed by atoms with Crippen molar-refractivity contribution in [1.29, 1.82) is 0 Å². The third-order valence-electron chi connectivity index (χ3n) is 3.04. The van der Waals surface area contributed by atoms with Crippen LogP contribution in [-0.2, 0) is 6.42 Å². The summed E-state index contributed by atoms with van der Waals surface area (Å²) in [5.74, 6) is 0.121. The third kappa shape index (κ3) is 2.70. The summed E-state index contributed by atoms with van der Waals surface area (Å²) in [7, 11) is 0. The van der Waals surface area contributed by atoms with E-state index in [4.69, 9.17) is 11.6 Å². The first kappa shape index (κ1) is 12.2. The summed E-state index contributed by atoms with van der Waals surface area (Å²) in [6.45, 7) is 3.36. The lowest BCUT2D eigenvalue weighted by Gasteiger charge is -2.21. The van der Waals surface area contributed by atoms with E-state index in [-0.39, 0.29) is 5.91 Å². The fourth-order valence-corrected chi connectivity index (χ4v) is 2.23. The Morgan fingerprint density at radius 1 is 1.47 bits per heavy atom. The highest BCUT2D eigenvalue weighted by atomic mass is 35.5. The Hall–Kier alpha value is -1.28. The second-order valence-corrected chi connectivity index (χ2v) is 4.66. The maximum Gasteiger partial charge on any atom is 0.254 e. The van der Waals surface area contributed by atoms with Crippen molar-refractivity contribution in [3.8, 4) is 0 Å². The number of amides is 1. The van der Waals surface area contributed by atoms with Crippen LogP contribution in [0.3, 0.4) is 0 Å². The lowest BCUT2D eigenvalue weighted by molar-refractivity contribution is 0.0775. The molecule has 17 heavy (non-hydrogen) atoms. The van der Waals surface area contributed by atoms with Crippen LogP contribution in [0.4, 0.5) is 0 Å². The Bertz CT molecular complexity index is 453. The van der Waals surface area contributed by atoms with Gasteiger partial charge in [-0.25, -0.2) is 0 Å². The quantitative estimate of drug-likeness (QED) is 0.788. The van der Waals surface area contributed by atoms with Crippen LogP contribution in [0.5, 0.6) is 0 Å². The van der Waals surface area contributed by atoms with Crippen LogP contribution in [0.25, 0.3) is 0 Å². The van der Waals surface area contributed by atoms with E-state index < -0.39 is 0 Å². The van der Waals surface area contributed by atoms with Crippen molar-refractivity contribution in [3.63, 3.8) is 0 Å². The summed E-state index contributed by atoms with van der Waals surface area (Å²) in [5.41, 5.74) is 4.56. The molecule has 0 unspecified atom stereocenters. The van der Waals surface area contributed by atoms with Gasteiger partial charge in [0.2, 0.25) is 0 Å². The van der Waals surface area contributed by atoms with Gasteiger partial charge in [-0.3, -0.25) is 4.79 Å². The zero-order chi connectivity index (χ0) is 12.3. The number of hydrogen-bond acceptors (Lipinski definition) is 1. The summed E-state index contributed by atoms with van der Waals surface area (Å²) in [4.78, 5) is 14.2. The summed E-state index contributed by atoms with van der Waals surface area (Å²) in [6, 6.07) is 7.87. The molecule has 0 saturated carbocycles. The molecule has 0 fully saturated rings. The van der Waals surface area contributed by atoms with Gasteiger partial charge in [-0.2, -0.15) is 0 Å². The Labute approximate surface area is 107 Å². The molecule has 1 aromatic carbocycles. The molecule has 0 aliphatic carbocycles. The Morgan fingerprint density at radius 3 is 3.00 bits per heavy atom. The second-order valence-electron chi connectivity index (χ2n) is 4.44. The number of benzene rings is 1. The number of fused-ring (bicyclic) bond motifs is 1. The van der Waals surface area contributed by atoms with Crippen LogP contribution < -0.4 is 0 Å². The highest BCUT2D eigenvalue weighted by Crippen LogP contribution is 2.19. The Balaban J connectivity index is 2.26. The van der Waals surface area contributed by atoms with E-state index in [1.54, 1.807) is 5.54 Å². The number of hydrogen-bond donors (Lipinski definition) is 0. The SMILES string of the molecule is C/C(=C/Cl)CN1CCCc2ccccc2C1=O. The minimum absolute atomic E-state index is 0.121. The summed E-state index contributed by atoms with van der Waals surface area (Å²) in [6.07, 6.45) is 1.99. The number of rotatable bonds is 2. The minimum Gasteiger partial charge on any atom is -0.335 e.